The highest BCUT2D eigenvalue weighted by molar-refractivity contribution is 5.89. The van der Waals surface area contributed by atoms with Crippen LogP contribution in [0.25, 0.3) is 0 Å². The van der Waals surface area contributed by atoms with Crippen LogP contribution in [0.3, 0.4) is 0 Å². The third-order valence-electron chi connectivity index (χ3n) is 1.69. The number of nitrogen functional groups attached to an aromatic ring is 2. The molecule has 0 saturated carbocycles. The third kappa shape index (κ3) is 1.40. The quantitative estimate of drug-likeness (QED) is 0.526. The maximum atomic E-state index is 13.1. The van der Waals surface area contributed by atoms with Crippen LogP contribution in [-0.2, 0) is 0 Å². The fourth-order valence-corrected chi connectivity index (χ4v) is 0.935. The lowest BCUT2D eigenvalue weighted by Crippen LogP contribution is -2.04. The first-order valence-corrected chi connectivity index (χ1v) is 3.48. The van der Waals surface area contributed by atoms with Gasteiger partial charge in [-0.1, -0.05) is 0 Å². The van der Waals surface area contributed by atoms with Crippen LogP contribution in [0, 0.1) is 5.82 Å². The van der Waals surface area contributed by atoms with Gasteiger partial charge in [-0.15, -0.1) is 0 Å². The zero-order valence-electron chi connectivity index (χ0n) is 7.00. The van der Waals surface area contributed by atoms with Crippen molar-refractivity contribution in [3.63, 3.8) is 0 Å². The number of methoxy groups -OCH3 is 1. The van der Waals surface area contributed by atoms with Gasteiger partial charge in [0, 0.05) is 5.56 Å². The number of anilines is 2. The summed E-state index contributed by atoms with van der Waals surface area (Å²) in [4.78, 5) is 10.4. The van der Waals surface area contributed by atoms with E-state index >= 15 is 0 Å². The highest BCUT2D eigenvalue weighted by Gasteiger charge is 2.13. The molecule has 0 unspecified atom stereocenters. The molecule has 0 aliphatic heterocycles. The van der Waals surface area contributed by atoms with Crippen LogP contribution >= 0.6 is 0 Å². The molecule has 4 N–H and O–H groups in total. The lowest BCUT2D eigenvalue weighted by atomic mass is 10.1. The molecule has 0 radical (unpaired) electrons. The average molecular weight is 184 g/mol. The van der Waals surface area contributed by atoms with Gasteiger partial charge in [0.1, 0.15) is 0 Å². The zero-order chi connectivity index (χ0) is 10.0. The van der Waals surface area contributed by atoms with E-state index in [-0.39, 0.29) is 22.7 Å². The Morgan fingerprint density at radius 2 is 2.08 bits per heavy atom. The number of hydrogen-bond acceptors (Lipinski definition) is 4. The van der Waals surface area contributed by atoms with Crippen molar-refractivity contribution in [2.45, 2.75) is 0 Å². The standard InChI is InChI=1S/C8H9FN2O2/c1-13-5-2-4(3-12)7(10)8(11)6(5)9/h2-3H,10-11H2,1H3. The van der Waals surface area contributed by atoms with E-state index in [2.05, 4.69) is 4.74 Å². The monoisotopic (exact) mass is 184 g/mol. The molecule has 70 valence electrons. The number of ether oxygens (including phenoxy) is 1. The largest absolute Gasteiger partial charge is 0.494 e. The Bertz CT molecular complexity index is 352. The number of carbonyl (C=O) groups excluding carboxylic acids is 1. The first kappa shape index (κ1) is 9.31. The van der Waals surface area contributed by atoms with E-state index in [0.717, 1.165) is 0 Å². The lowest BCUT2D eigenvalue weighted by molar-refractivity contribution is 0.112. The fraction of sp³-hybridized carbons (Fsp3) is 0.125. The first-order chi connectivity index (χ1) is 6.11. The van der Waals surface area contributed by atoms with Crippen molar-refractivity contribution < 1.29 is 13.9 Å². The molecule has 1 aromatic rings. The molecule has 0 atom stereocenters. The zero-order valence-corrected chi connectivity index (χ0v) is 7.00. The lowest BCUT2D eigenvalue weighted by Gasteiger charge is -2.08. The molecule has 0 aliphatic rings. The van der Waals surface area contributed by atoms with Crippen molar-refractivity contribution in [2.24, 2.45) is 0 Å². The van der Waals surface area contributed by atoms with Crippen molar-refractivity contribution in [3.05, 3.63) is 17.4 Å². The second-order valence-corrected chi connectivity index (χ2v) is 2.43. The van der Waals surface area contributed by atoms with Crippen LogP contribution in [0.15, 0.2) is 6.07 Å². The van der Waals surface area contributed by atoms with Crippen molar-refractivity contribution >= 4 is 17.7 Å². The molecule has 0 aliphatic carbocycles. The van der Waals surface area contributed by atoms with Crippen molar-refractivity contribution in [3.8, 4) is 5.75 Å². The SMILES string of the molecule is COc1cc(C=O)c(N)c(N)c1F. The maximum absolute atomic E-state index is 13.1. The molecule has 0 fully saturated rings. The van der Waals surface area contributed by atoms with E-state index in [1.807, 2.05) is 0 Å². The Hall–Kier alpha value is -1.78. The molecule has 5 heteroatoms. The molecular formula is C8H9FN2O2. The third-order valence-corrected chi connectivity index (χ3v) is 1.69. The van der Waals surface area contributed by atoms with Gasteiger partial charge in [-0.2, -0.15) is 0 Å². The van der Waals surface area contributed by atoms with E-state index in [0.29, 0.717) is 6.29 Å². The van der Waals surface area contributed by atoms with Gasteiger partial charge in [-0.25, -0.2) is 4.39 Å². The van der Waals surface area contributed by atoms with Gasteiger partial charge in [-0.05, 0) is 6.07 Å². The summed E-state index contributed by atoms with van der Waals surface area (Å²) in [5.41, 5.74) is 10.5. The molecule has 1 aromatic carbocycles. The average Bonchev–Trinajstić information content (AvgIpc) is 2.15. The molecule has 0 heterocycles. The molecular weight excluding hydrogens is 175 g/mol. The Morgan fingerprint density at radius 3 is 2.54 bits per heavy atom. The summed E-state index contributed by atoms with van der Waals surface area (Å²) < 4.78 is 17.8. The van der Waals surface area contributed by atoms with E-state index in [1.165, 1.54) is 13.2 Å². The molecule has 1 rings (SSSR count). The Labute approximate surface area is 74.3 Å². The van der Waals surface area contributed by atoms with Crippen LogP contribution in [0.5, 0.6) is 5.75 Å². The molecule has 0 bridgehead atoms. The number of rotatable bonds is 2. The van der Waals surface area contributed by atoms with Crippen LogP contribution in [0.1, 0.15) is 10.4 Å². The van der Waals surface area contributed by atoms with Gasteiger partial charge in [0.15, 0.2) is 17.9 Å². The smallest absolute Gasteiger partial charge is 0.190 e. The molecule has 0 spiro atoms. The van der Waals surface area contributed by atoms with E-state index < -0.39 is 5.82 Å². The summed E-state index contributed by atoms with van der Waals surface area (Å²) in [5.74, 6) is -0.834. The summed E-state index contributed by atoms with van der Waals surface area (Å²) >= 11 is 0. The van der Waals surface area contributed by atoms with Crippen LogP contribution < -0.4 is 16.2 Å². The topological polar surface area (TPSA) is 78.3 Å². The minimum atomic E-state index is -0.745. The highest BCUT2D eigenvalue weighted by atomic mass is 19.1. The second kappa shape index (κ2) is 3.30. The molecule has 0 amide bonds. The van der Waals surface area contributed by atoms with Crippen molar-refractivity contribution in [1.82, 2.24) is 0 Å². The molecule has 13 heavy (non-hydrogen) atoms. The normalized spacial score (nSPS) is 9.69. The van der Waals surface area contributed by atoms with Gasteiger partial charge >= 0.3 is 0 Å². The van der Waals surface area contributed by atoms with Crippen LogP contribution in [0.2, 0.25) is 0 Å². The molecule has 0 aromatic heterocycles. The van der Waals surface area contributed by atoms with Gasteiger partial charge in [0.25, 0.3) is 0 Å². The van der Waals surface area contributed by atoms with Gasteiger partial charge in [-0.3, -0.25) is 4.79 Å². The number of nitrogens with two attached hydrogens (primary N) is 2. The van der Waals surface area contributed by atoms with Crippen molar-refractivity contribution in [1.29, 1.82) is 0 Å². The van der Waals surface area contributed by atoms with E-state index in [4.69, 9.17) is 11.5 Å². The highest BCUT2D eigenvalue weighted by Crippen LogP contribution is 2.30. The number of aldehydes is 1. The summed E-state index contributed by atoms with van der Waals surface area (Å²) in [5, 5.41) is 0. The van der Waals surface area contributed by atoms with Gasteiger partial charge < -0.3 is 16.2 Å². The van der Waals surface area contributed by atoms with Crippen molar-refractivity contribution in [2.75, 3.05) is 18.6 Å². The predicted octanol–water partition coefficient (Wildman–Crippen LogP) is 0.811. The van der Waals surface area contributed by atoms with Gasteiger partial charge in [0.2, 0.25) is 0 Å². The Kier molecular flexibility index (Phi) is 2.36. The predicted molar refractivity (Wildman–Crippen MR) is 47.2 cm³/mol. The fourth-order valence-electron chi connectivity index (χ4n) is 0.935. The Morgan fingerprint density at radius 1 is 1.46 bits per heavy atom. The van der Waals surface area contributed by atoms with E-state index in [1.54, 1.807) is 0 Å². The molecule has 4 nitrogen and oxygen atoms in total. The number of benzene rings is 1. The number of hydrogen-bond donors (Lipinski definition) is 2. The molecule has 0 saturated heterocycles. The number of halogens is 1. The summed E-state index contributed by atoms with van der Waals surface area (Å²) in [6.45, 7) is 0. The van der Waals surface area contributed by atoms with Crippen LogP contribution in [-0.4, -0.2) is 13.4 Å². The summed E-state index contributed by atoms with van der Waals surface area (Å²) in [7, 11) is 1.28. The minimum absolute atomic E-state index is 0.0618. The minimum Gasteiger partial charge on any atom is -0.494 e. The maximum Gasteiger partial charge on any atom is 0.190 e. The summed E-state index contributed by atoms with van der Waals surface area (Å²) in [6.07, 6.45) is 0.494. The first-order valence-electron chi connectivity index (χ1n) is 3.48. The van der Waals surface area contributed by atoms with E-state index in [9.17, 15) is 9.18 Å². The van der Waals surface area contributed by atoms with Crippen LogP contribution in [0.4, 0.5) is 15.8 Å². The Balaban J connectivity index is 3.45. The second-order valence-electron chi connectivity index (χ2n) is 2.43. The number of carbonyl (C=O) groups is 1. The van der Waals surface area contributed by atoms with Gasteiger partial charge in [0.05, 0.1) is 18.5 Å². The summed E-state index contributed by atoms with van der Waals surface area (Å²) in [6, 6.07) is 1.20.